The molecule has 3 rings (SSSR count). The highest BCUT2D eigenvalue weighted by molar-refractivity contribution is 5.95. The molecule has 2 aromatic carbocycles. The summed E-state index contributed by atoms with van der Waals surface area (Å²) in [7, 11) is 0. The predicted octanol–water partition coefficient (Wildman–Crippen LogP) is 5.71. The summed E-state index contributed by atoms with van der Waals surface area (Å²) < 4.78 is 79.9. The second kappa shape index (κ2) is 8.09. The molecule has 1 atom stereocenters. The summed E-state index contributed by atoms with van der Waals surface area (Å²) in [4.78, 5) is 12.6. The molecule has 1 N–H and O–H groups in total. The minimum Gasteiger partial charge on any atom is -0.345 e. The topological polar surface area (TPSA) is 46.9 Å². The van der Waals surface area contributed by atoms with Crippen LogP contribution in [-0.2, 0) is 12.4 Å². The van der Waals surface area contributed by atoms with Crippen LogP contribution >= 0.6 is 0 Å². The van der Waals surface area contributed by atoms with Crippen molar-refractivity contribution >= 4 is 5.91 Å². The number of amides is 1. The number of hydrogen-bond acceptors (Lipinski definition) is 2. The third-order valence-corrected chi connectivity index (χ3v) is 4.65. The van der Waals surface area contributed by atoms with Crippen LogP contribution in [-0.4, -0.2) is 15.7 Å². The lowest BCUT2D eigenvalue weighted by Gasteiger charge is -2.17. The summed E-state index contributed by atoms with van der Waals surface area (Å²) in [6.07, 6.45) is -8.57. The van der Waals surface area contributed by atoms with Gasteiger partial charge < -0.3 is 5.32 Å². The number of halogens is 6. The Hall–Kier alpha value is -3.30. The zero-order valence-electron chi connectivity index (χ0n) is 16.3. The molecule has 164 valence electrons. The van der Waals surface area contributed by atoms with Gasteiger partial charge in [-0.3, -0.25) is 4.79 Å². The van der Waals surface area contributed by atoms with Gasteiger partial charge in [-0.2, -0.15) is 31.4 Å². The minimum atomic E-state index is -4.87. The molecule has 10 heteroatoms. The fourth-order valence-electron chi connectivity index (χ4n) is 2.99. The van der Waals surface area contributed by atoms with E-state index < -0.39 is 41.1 Å². The summed E-state index contributed by atoms with van der Waals surface area (Å²) in [5.41, 5.74) is -1.52. The molecule has 31 heavy (non-hydrogen) atoms. The molecule has 0 fully saturated rings. The van der Waals surface area contributed by atoms with Gasteiger partial charge in [0.05, 0.1) is 29.1 Å². The molecule has 0 spiro atoms. The summed E-state index contributed by atoms with van der Waals surface area (Å²) >= 11 is 0. The fourth-order valence-corrected chi connectivity index (χ4v) is 2.99. The molecule has 1 aromatic heterocycles. The van der Waals surface area contributed by atoms with Crippen LogP contribution in [0.4, 0.5) is 26.3 Å². The van der Waals surface area contributed by atoms with Gasteiger partial charge in [-0.1, -0.05) is 29.8 Å². The van der Waals surface area contributed by atoms with Crippen molar-refractivity contribution in [3.05, 3.63) is 82.7 Å². The van der Waals surface area contributed by atoms with E-state index in [2.05, 4.69) is 10.4 Å². The highest BCUT2D eigenvalue weighted by atomic mass is 19.4. The number of hydrogen-bond donors (Lipinski definition) is 1. The number of aromatic nitrogens is 2. The van der Waals surface area contributed by atoms with E-state index >= 15 is 0 Å². The Labute approximate surface area is 173 Å². The standard InChI is InChI=1S/C21H17F6N3O/c1-12-3-9-16(10-4-12)30-18(21(25,26)27)17(11-28-30)19(31)29-13(2)14-5-7-15(8-6-14)20(22,23)24/h3-11,13H,1-2H3,(H,29,31). The second-order valence-corrected chi connectivity index (χ2v) is 6.97. The van der Waals surface area contributed by atoms with Gasteiger partial charge in [-0.15, -0.1) is 0 Å². The molecule has 0 aliphatic rings. The second-order valence-electron chi connectivity index (χ2n) is 6.97. The molecule has 4 nitrogen and oxygen atoms in total. The van der Waals surface area contributed by atoms with Crippen molar-refractivity contribution in [3.8, 4) is 5.69 Å². The number of aryl methyl sites for hydroxylation is 1. The van der Waals surface area contributed by atoms with Gasteiger partial charge in [0.15, 0.2) is 5.69 Å². The first kappa shape index (κ1) is 22.4. The van der Waals surface area contributed by atoms with Gasteiger partial charge in [-0.05, 0) is 43.7 Å². The average molecular weight is 441 g/mol. The Balaban J connectivity index is 1.88. The third-order valence-electron chi connectivity index (χ3n) is 4.65. The Morgan fingerprint density at radius 3 is 2.03 bits per heavy atom. The molecule has 0 radical (unpaired) electrons. The maximum atomic E-state index is 13.7. The average Bonchev–Trinajstić information content (AvgIpc) is 3.14. The Kier molecular flexibility index (Phi) is 5.84. The molecule has 0 aliphatic heterocycles. The van der Waals surface area contributed by atoms with Crippen LogP contribution < -0.4 is 5.32 Å². The summed E-state index contributed by atoms with van der Waals surface area (Å²) in [6, 6.07) is 9.30. The molecular weight excluding hydrogens is 424 g/mol. The number of alkyl halides is 6. The number of carbonyl (C=O) groups is 1. The van der Waals surface area contributed by atoms with E-state index in [9.17, 15) is 31.1 Å². The van der Waals surface area contributed by atoms with Gasteiger partial charge in [0.2, 0.25) is 0 Å². The molecule has 3 aromatic rings. The summed E-state index contributed by atoms with van der Waals surface area (Å²) in [5.74, 6) is -1.04. The van der Waals surface area contributed by atoms with E-state index in [-0.39, 0.29) is 5.69 Å². The SMILES string of the molecule is Cc1ccc(-n2ncc(C(=O)NC(C)c3ccc(C(F)(F)F)cc3)c2C(F)(F)F)cc1. The largest absolute Gasteiger partial charge is 0.434 e. The first-order valence-electron chi connectivity index (χ1n) is 9.08. The van der Waals surface area contributed by atoms with Crippen molar-refractivity contribution < 1.29 is 31.1 Å². The van der Waals surface area contributed by atoms with Crippen LogP contribution in [0.2, 0.25) is 0 Å². The zero-order valence-corrected chi connectivity index (χ0v) is 16.3. The molecule has 0 saturated heterocycles. The predicted molar refractivity (Wildman–Crippen MR) is 101 cm³/mol. The van der Waals surface area contributed by atoms with E-state index in [4.69, 9.17) is 0 Å². The van der Waals surface area contributed by atoms with Gasteiger partial charge in [-0.25, -0.2) is 4.68 Å². The molecule has 1 amide bonds. The van der Waals surface area contributed by atoms with Crippen LogP contribution in [0.3, 0.4) is 0 Å². The summed E-state index contributed by atoms with van der Waals surface area (Å²) in [6.45, 7) is 3.23. The van der Waals surface area contributed by atoms with Crippen LogP contribution in [0.5, 0.6) is 0 Å². The Bertz CT molecular complexity index is 1070. The normalized spacial score (nSPS) is 13.2. The lowest BCUT2D eigenvalue weighted by atomic mass is 10.1. The number of nitrogens with one attached hydrogen (secondary N) is 1. The maximum Gasteiger partial charge on any atom is 0.434 e. The highest BCUT2D eigenvalue weighted by Crippen LogP contribution is 2.34. The van der Waals surface area contributed by atoms with Crippen molar-refractivity contribution in [2.45, 2.75) is 32.2 Å². The van der Waals surface area contributed by atoms with Crippen molar-refractivity contribution in [1.29, 1.82) is 0 Å². The van der Waals surface area contributed by atoms with Crippen molar-refractivity contribution in [2.75, 3.05) is 0 Å². The maximum absolute atomic E-state index is 13.7. The van der Waals surface area contributed by atoms with E-state index in [0.29, 0.717) is 10.2 Å². The zero-order chi connectivity index (χ0) is 23.0. The van der Waals surface area contributed by atoms with Gasteiger partial charge >= 0.3 is 12.4 Å². The van der Waals surface area contributed by atoms with Crippen molar-refractivity contribution in [1.82, 2.24) is 15.1 Å². The first-order chi connectivity index (χ1) is 14.4. The molecule has 1 heterocycles. The van der Waals surface area contributed by atoms with Crippen LogP contribution in [0.15, 0.2) is 54.7 Å². The number of nitrogens with zero attached hydrogens (tertiary/aromatic N) is 2. The molecular formula is C21H17F6N3O. The third kappa shape index (κ3) is 4.89. The van der Waals surface area contributed by atoms with Crippen molar-refractivity contribution in [3.63, 3.8) is 0 Å². The van der Waals surface area contributed by atoms with E-state index in [1.165, 1.54) is 19.1 Å². The van der Waals surface area contributed by atoms with Gasteiger partial charge in [0.1, 0.15) is 0 Å². The van der Waals surface area contributed by atoms with Crippen LogP contribution in [0.25, 0.3) is 5.69 Å². The monoisotopic (exact) mass is 441 g/mol. The van der Waals surface area contributed by atoms with Crippen LogP contribution in [0, 0.1) is 6.92 Å². The minimum absolute atomic E-state index is 0.132. The Morgan fingerprint density at radius 2 is 1.52 bits per heavy atom. The van der Waals surface area contributed by atoms with Gasteiger partial charge in [0, 0.05) is 0 Å². The van der Waals surface area contributed by atoms with Crippen LogP contribution in [0.1, 0.15) is 45.7 Å². The highest BCUT2D eigenvalue weighted by Gasteiger charge is 2.40. The number of benzene rings is 2. The van der Waals surface area contributed by atoms with E-state index in [1.807, 2.05) is 0 Å². The smallest absolute Gasteiger partial charge is 0.345 e. The van der Waals surface area contributed by atoms with Gasteiger partial charge in [0.25, 0.3) is 5.91 Å². The number of carbonyl (C=O) groups excluding carboxylic acids is 1. The molecule has 0 saturated carbocycles. The Morgan fingerprint density at radius 1 is 0.935 bits per heavy atom. The lowest BCUT2D eigenvalue weighted by molar-refractivity contribution is -0.143. The quantitative estimate of drug-likeness (QED) is 0.528. The fraction of sp³-hybridized carbons (Fsp3) is 0.238. The molecule has 1 unspecified atom stereocenters. The first-order valence-corrected chi connectivity index (χ1v) is 9.08. The molecule has 0 aliphatic carbocycles. The van der Waals surface area contributed by atoms with E-state index in [0.717, 1.165) is 36.0 Å². The van der Waals surface area contributed by atoms with E-state index in [1.54, 1.807) is 19.1 Å². The lowest BCUT2D eigenvalue weighted by Crippen LogP contribution is -2.29. The van der Waals surface area contributed by atoms with Crippen molar-refractivity contribution in [2.24, 2.45) is 0 Å². The number of rotatable bonds is 4. The summed E-state index contributed by atoms with van der Waals surface area (Å²) in [5, 5.41) is 6.12. The molecule has 0 bridgehead atoms.